The SMILES string of the molecule is C=CCC1=C(CCC)C(=O)O[C@H]1c1ccccc1. The van der Waals surface area contributed by atoms with Crippen LogP contribution in [0.4, 0.5) is 0 Å². The first kappa shape index (κ1) is 12.6. The zero-order valence-electron chi connectivity index (χ0n) is 10.7. The third-order valence-electron chi connectivity index (χ3n) is 3.14. The number of hydrogen-bond acceptors (Lipinski definition) is 2. The van der Waals surface area contributed by atoms with Gasteiger partial charge in [0.2, 0.25) is 0 Å². The standard InChI is InChI=1S/C16H18O2/c1-3-8-13-14(9-4-2)16(17)18-15(13)12-10-6-5-7-11-12/h3,5-7,10-11,15H,1,4,8-9H2,2H3/t15-/m0/s1. The molecule has 1 aromatic rings. The fraction of sp³-hybridized carbons (Fsp3) is 0.312. The summed E-state index contributed by atoms with van der Waals surface area (Å²) in [6.45, 7) is 5.84. The molecule has 2 rings (SSSR count). The van der Waals surface area contributed by atoms with E-state index in [4.69, 9.17) is 4.74 Å². The summed E-state index contributed by atoms with van der Waals surface area (Å²) in [5, 5.41) is 0. The maximum Gasteiger partial charge on any atom is 0.335 e. The van der Waals surface area contributed by atoms with E-state index in [0.29, 0.717) is 6.42 Å². The monoisotopic (exact) mass is 242 g/mol. The normalized spacial score (nSPS) is 18.9. The molecule has 1 aliphatic heterocycles. The number of carbonyl (C=O) groups excluding carboxylic acids is 1. The van der Waals surface area contributed by atoms with Crippen LogP contribution in [0.1, 0.15) is 37.9 Å². The van der Waals surface area contributed by atoms with E-state index in [0.717, 1.165) is 29.6 Å². The van der Waals surface area contributed by atoms with E-state index < -0.39 is 0 Å². The van der Waals surface area contributed by atoms with Crippen molar-refractivity contribution in [1.29, 1.82) is 0 Å². The van der Waals surface area contributed by atoms with Gasteiger partial charge >= 0.3 is 5.97 Å². The molecule has 0 radical (unpaired) electrons. The van der Waals surface area contributed by atoms with Crippen LogP contribution >= 0.6 is 0 Å². The van der Waals surface area contributed by atoms with E-state index in [1.807, 2.05) is 36.4 Å². The Labute approximate surface area is 108 Å². The highest BCUT2D eigenvalue weighted by Crippen LogP contribution is 2.38. The predicted molar refractivity (Wildman–Crippen MR) is 72.0 cm³/mol. The van der Waals surface area contributed by atoms with E-state index in [-0.39, 0.29) is 12.1 Å². The molecule has 1 aliphatic rings. The van der Waals surface area contributed by atoms with Crippen LogP contribution in [0.25, 0.3) is 0 Å². The van der Waals surface area contributed by atoms with Gasteiger partial charge in [-0.15, -0.1) is 6.58 Å². The minimum absolute atomic E-state index is 0.164. The van der Waals surface area contributed by atoms with Crippen molar-refractivity contribution in [2.24, 2.45) is 0 Å². The molecule has 1 atom stereocenters. The van der Waals surface area contributed by atoms with Crippen molar-refractivity contribution in [2.45, 2.75) is 32.3 Å². The average molecular weight is 242 g/mol. The van der Waals surface area contributed by atoms with Gasteiger partial charge in [0.05, 0.1) is 0 Å². The number of cyclic esters (lactones) is 1. The summed E-state index contributed by atoms with van der Waals surface area (Å²) < 4.78 is 5.52. The summed E-state index contributed by atoms with van der Waals surface area (Å²) in [5.41, 5.74) is 2.95. The molecule has 0 aromatic heterocycles. The van der Waals surface area contributed by atoms with E-state index in [9.17, 15) is 4.79 Å². The van der Waals surface area contributed by atoms with Crippen LogP contribution in [0, 0.1) is 0 Å². The van der Waals surface area contributed by atoms with Gasteiger partial charge in [-0.3, -0.25) is 0 Å². The zero-order valence-corrected chi connectivity index (χ0v) is 10.7. The molecule has 0 N–H and O–H groups in total. The first-order valence-corrected chi connectivity index (χ1v) is 6.36. The molecule has 0 fully saturated rings. The predicted octanol–water partition coefficient (Wildman–Crippen LogP) is 3.96. The van der Waals surface area contributed by atoms with Crippen LogP contribution in [0.15, 0.2) is 54.1 Å². The molecule has 0 aliphatic carbocycles. The van der Waals surface area contributed by atoms with Crippen molar-refractivity contribution in [3.8, 4) is 0 Å². The van der Waals surface area contributed by atoms with Gasteiger partial charge in [0.15, 0.2) is 0 Å². The molecular weight excluding hydrogens is 224 g/mol. The number of carbonyl (C=O) groups is 1. The van der Waals surface area contributed by atoms with Gasteiger partial charge in [0.25, 0.3) is 0 Å². The third-order valence-corrected chi connectivity index (χ3v) is 3.14. The lowest BCUT2D eigenvalue weighted by Crippen LogP contribution is -2.03. The fourth-order valence-electron chi connectivity index (χ4n) is 2.33. The smallest absolute Gasteiger partial charge is 0.335 e. The molecule has 0 amide bonds. The number of esters is 1. The van der Waals surface area contributed by atoms with Crippen molar-refractivity contribution in [3.05, 3.63) is 59.7 Å². The van der Waals surface area contributed by atoms with Crippen LogP contribution in [0.5, 0.6) is 0 Å². The molecule has 94 valence electrons. The lowest BCUT2D eigenvalue weighted by Gasteiger charge is -2.13. The zero-order chi connectivity index (χ0) is 13.0. The summed E-state index contributed by atoms with van der Waals surface area (Å²) in [5.74, 6) is -0.164. The van der Waals surface area contributed by atoms with Gasteiger partial charge in [-0.2, -0.15) is 0 Å². The molecule has 0 spiro atoms. The molecule has 1 heterocycles. The lowest BCUT2D eigenvalue weighted by atomic mass is 9.95. The van der Waals surface area contributed by atoms with E-state index >= 15 is 0 Å². The van der Waals surface area contributed by atoms with E-state index in [2.05, 4.69) is 13.5 Å². The minimum atomic E-state index is -0.224. The Morgan fingerprint density at radius 1 is 1.33 bits per heavy atom. The minimum Gasteiger partial charge on any atom is -0.450 e. The molecule has 0 saturated heterocycles. The van der Waals surface area contributed by atoms with Crippen molar-refractivity contribution >= 4 is 5.97 Å². The Balaban J connectivity index is 2.37. The maximum atomic E-state index is 11.9. The topological polar surface area (TPSA) is 26.3 Å². The van der Waals surface area contributed by atoms with Gasteiger partial charge in [-0.05, 0) is 24.0 Å². The van der Waals surface area contributed by atoms with E-state index in [1.165, 1.54) is 0 Å². The number of benzene rings is 1. The van der Waals surface area contributed by atoms with Crippen molar-refractivity contribution in [2.75, 3.05) is 0 Å². The van der Waals surface area contributed by atoms with Crippen molar-refractivity contribution < 1.29 is 9.53 Å². The molecule has 0 unspecified atom stereocenters. The Hall–Kier alpha value is -1.83. The first-order chi connectivity index (χ1) is 8.77. The lowest BCUT2D eigenvalue weighted by molar-refractivity contribution is -0.140. The number of allylic oxidation sites excluding steroid dienone is 1. The second kappa shape index (κ2) is 5.67. The highest BCUT2D eigenvalue weighted by molar-refractivity contribution is 5.92. The van der Waals surface area contributed by atoms with Crippen LogP contribution in [0.2, 0.25) is 0 Å². The summed E-state index contributed by atoms with van der Waals surface area (Å²) in [7, 11) is 0. The Morgan fingerprint density at radius 3 is 2.67 bits per heavy atom. The molecule has 0 bridgehead atoms. The molecule has 2 heteroatoms. The Morgan fingerprint density at radius 2 is 2.06 bits per heavy atom. The fourth-order valence-corrected chi connectivity index (χ4v) is 2.33. The van der Waals surface area contributed by atoms with Crippen molar-refractivity contribution in [1.82, 2.24) is 0 Å². The highest BCUT2D eigenvalue weighted by atomic mass is 16.5. The summed E-state index contributed by atoms with van der Waals surface area (Å²) in [6, 6.07) is 9.88. The Bertz CT molecular complexity index is 471. The van der Waals surface area contributed by atoms with Crippen LogP contribution < -0.4 is 0 Å². The van der Waals surface area contributed by atoms with E-state index in [1.54, 1.807) is 0 Å². The van der Waals surface area contributed by atoms with Crippen LogP contribution in [0.3, 0.4) is 0 Å². The number of hydrogen-bond donors (Lipinski definition) is 0. The van der Waals surface area contributed by atoms with Gasteiger partial charge in [0.1, 0.15) is 6.10 Å². The molecule has 2 nitrogen and oxygen atoms in total. The number of rotatable bonds is 5. The van der Waals surface area contributed by atoms with Crippen molar-refractivity contribution in [3.63, 3.8) is 0 Å². The van der Waals surface area contributed by atoms with Gasteiger partial charge in [-0.25, -0.2) is 4.79 Å². The first-order valence-electron chi connectivity index (χ1n) is 6.36. The van der Waals surface area contributed by atoms with Gasteiger partial charge in [0, 0.05) is 5.57 Å². The largest absolute Gasteiger partial charge is 0.450 e. The summed E-state index contributed by atoms with van der Waals surface area (Å²) in [6.07, 6.45) is 4.06. The second-order valence-corrected chi connectivity index (χ2v) is 4.44. The highest BCUT2D eigenvalue weighted by Gasteiger charge is 2.33. The molecule has 0 saturated carbocycles. The van der Waals surface area contributed by atoms with Crippen LogP contribution in [-0.4, -0.2) is 5.97 Å². The summed E-state index contributed by atoms with van der Waals surface area (Å²) in [4.78, 5) is 11.9. The third kappa shape index (κ3) is 2.37. The quantitative estimate of drug-likeness (QED) is 0.577. The Kier molecular flexibility index (Phi) is 3.98. The average Bonchev–Trinajstić information content (AvgIpc) is 2.70. The maximum absolute atomic E-state index is 11.9. The number of ether oxygens (including phenoxy) is 1. The second-order valence-electron chi connectivity index (χ2n) is 4.44. The van der Waals surface area contributed by atoms with Crippen LogP contribution in [-0.2, 0) is 9.53 Å². The molecule has 18 heavy (non-hydrogen) atoms. The van der Waals surface area contributed by atoms with Gasteiger partial charge in [-0.1, -0.05) is 49.8 Å². The van der Waals surface area contributed by atoms with Gasteiger partial charge < -0.3 is 4.74 Å². The molecular formula is C16H18O2. The summed E-state index contributed by atoms with van der Waals surface area (Å²) >= 11 is 0. The molecule has 1 aromatic carbocycles.